The van der Waals surface area contributed by atoms with Gasteiger partial charge in [-0.15, -0.1) is 0 Å². The highest BCUT2D eigenvalue weighted by atomic mass is 15.3. The lowest BCUT2D eigenvalue weighted by atomic mass is 10.4. The van der Waals surface area contributed by atoms with Crippen LogP contribution in [0.1, 0.15) is 17.2 Å². The van der Waals surface area contributed by atoms with Crippen LogP contribution in [0.15, 0.2) is 35.6 Å². The van der Waals surface area contributed by atoms with Crippen molar-refractivity contribution in [2.75, 3.05) is 14.1 Å². The summed E-state index contributed by atoms with van der Waals surface area (Å²) in [5, 5.41) is 3.32. The number of aromatic nitrogens is 3. The van der Waals surface area contributed by atoms with Gasteiger partial charge in [-0.05, 0) is 25.1 Å². The van der Waals surface area contributed by atoms with Crippen LogP contribution < -0.4 is 5.32 Å². The molecule has 6 nitrogen and oxygen atoms in total. The van der Waals surface area contributed by atoms with Crippen LogP contribution >= 0.6 is 0 Å². The Morgan fingerprint density at radius 1 is 1.43 bits per heavy atom. The van der Waals surface area contributed by atoms with Crippen molar-refractivity contribution in [2.45, 2.75) is 20.0 Å². The molecule has 0 spiro atoms. The van der Waals surface area contributed by atoms with Gasteiger partial charge >= 0.3 is 0 Å². The molecule has 2 aromatic rings. The van der Waals surface area contributed by atoms with Gasteiger partial charge in [-0.25, -0.2) is 9.97 Å². The zero-order valence-corrected chi connectivity index (χ0v) is 13.0. The van der Waals surface area contributed by atoms with E-state index in [2.05, 4.69) is 35.8 Å². The third-order valence-electron chi connectivity index (χ3n) is 3.29. The van der Waals surface area contributed by atoms with Gasteiger partial charge in [0.2, 0.25) is 0 Å². The Balaban J connectivity index is 1.95. The molecule has 6 heteroatoms. The minimum atomic E-state index is 0.632. The highest BCUT2D eigenvalue weighted by molar-refractivity contribution is 5.79. The Morgan fingerprint density at radius 3 is 2.86 bits per heavy atom. The van der Waals surface area contributed by atoms with Crippen LogP contribution in [-0.2, 0) is 20.1 Å². The predicted octanol–water partition coefficient (Wildman–Crippen LogP) is 1.33. The Kier molecular flexibility index (Phi) is 4.92. The van der Waals surface area contributed by atoms with Gasteiger partial charge in [0.1, 0.15) is 5.82 Å². The molecule has 21 heavy (non-hydrogen) atoms. The molecule has 0 saturated heterocycles. The summed E-state index contributed by atoms with van der Waals surface area (Å²) < 4.78 is 2.11. The molecule has 0 radical (unpaired) electrons. The summed E-state index contributed by atoms with van der Waals surface area (Å²) in [6, 6.07) is 6.06. The predicted molar refractivity (Wildman–Crippen MR) is 83.8 cm³/mol. The zero-order valence-electron chi connectivity index (χ0n) is 13.0. The molecule has 2 aromatic heterocycles. The topological polar surface area (TPSA) is 58.3 Å². The normalized spacial score (nSPS) is 11.5. The van der Waals surface area contributed by atoms with Crippen molar-refractivity contribution >= 4 is 5.96 Å². The second-order valence-corrected chi connectivity index (χ2v) is 4.96. The smallest absolute Gasteiger partial charge is 0.194 e. The molecule has 0 saturated carbocycles. The second kappa shape index (κ2) is 6.88. The van der Waals surface area contributed by atoms with Gasteiger partial charge in [0, 0.05) is 39.2 Å². The van der Waals surface area contributed by atoms with Crippen molar-refractivity contribution in [2.24, 2.45) is 12.0 Å². The molecule has 0 bridgehead atoms. The first-order valence-electron chi connectivity index (χ1n) is 6.90. The number of guanidine groups is 1. The van der Waals surface area contributed by atoms with Crippen LogP contribution in [-0.4, -0.2) is 39.5 Å². The summed E-state index contributed by atoms with van der Waals surface area (Å²) in [6.45, 7) is 3.32. The third-order valence-corrected chi connectivity index (χ3v) is 3.29. The Bertz CT molecular complexity index is 616. The van der Waals surface area contributed by atoms with Crippen molar-refractivity contribution in [3.05, 3.63) is 47.8 Å². The molecular formula is C15H22N6. The molecule has 0 aliphatic carbocycles. The monoisotopic (exact) mass is 286 g/mol. The highest BCUT2D eigenvalue weighted by Crippen LogP contribution is 2.04. The Labute approximate surface area is 125 Å². The molecule has 0 atom stereocenters. The van der Waals surface area contributed by atoms with Crippen LogP contribution in [0.3, 0.4) is 0 Å². The molecule has 0 fully saturated rings. The lowest BCUT2D eigenvalue weighted by molar-refractivity contribution is 0.461. The minimum absolute atomic E-state index is 0.632. The van der Waals surface area contributed by atoms with E-state index in [9.17, 15) is 0 Å². The van der Waals surface area contributed by atoms with Crippen molar-refractivity contribution in [1.82, 2.24) is 24.8 Å². The fourth-order valence-corrected chi connectivity index (χ4v) is 2.14. The molecule has 2 heterocycles. The number of nitrogens with zero attached hydrogens (tertiary/aromatic N) is 5. The van der Waals surface area contributed by atoms with Crippen LogP contribution in [0, 0.1) is 6.92 Å². The molecule has 0 unspecified atom stereocenters. The summed E-state index contributed by atoms with van der Waals surface area (Å²) in [6.07, 6.45) is 3.82. The maximum Gasteiger partial charge on any atom is 0.194 e. The fraction of sp³-hybridized carbons (Fsp3) is 0.400. The van der Waals surface area contributed by atoms with Crippen molar-refractivity contribution in [3.63, 3.8) is 0 Å². The molecule has 1 N–H and O–H groups in total. The van der Waals surface area contributed by atoms with Crippen molar-refractivity contribution < 1.29 is 0 Å². The molecular weight excluding hydrogens is 264 g/mol. The van der Waals surface area contributed by atoms with Gasteiger partial charge in [-0.3, -0.25) is 4.99 Å². The van der Waals surface area contributed by atoms with Crippen LogP contribution in [0.4, 0.5) is 0 Å². The summed E-state index contributed by atoms with van der Waals surface area (Å²) >= 11 is 0. The average Bonchev–Trinajstić information content (AvgIpc) is 2.85. The molecule has 0 amide bonds. The average molecular weight is 286 g/mol. The molecule has 0 aliphatic rings. The van der Waals surface area contributed by atoms with E-state index in [0.29, 0.717) is 6.54 Å². The van der Waals surface area contributed by atoms with E-state index in [1.807, 2.05) is 39.3 Å². The van der Waals surface area contributed by atoms with Gasteiger partial charge in [-0.2, -0.15) is 0 Å². The number of rotatable bonds is 4. The van der Waals surface area contributed by atoms with Gasteiger partial charge in [0.15, 0.2) is 5.96 Å². The minimum Gasteiger partial charge on any atom is -0.353 e. The summed E-state index contributed by atoms with van der Waals surface area (Å²) in [5.74, 6) is 1.62. The largest absolute Gasteiger partial charge is 0.353 e. The van der Waals surface area contributed by atoms with Gasteiger partial charge in [0.05, 0.1) is 18.8 Å². The first-order valence-corrected chi connectivity index (χ1v) is 6.90. The first-order chi connectivity index (χ1) is 10.1. The van der Waals surface area contributed by atoms with E-state index in [1.54, 1.807) is 13.2 Å². The SMILES string of the molecule is CN=C(NCc1ccnc(C)n1)N(C)Cc1cccn1C. The summed E-state index contributed by atoms with van der Waals surface area (Å²) in [5.41, 5.74) is 2.19. The molecule has 112 valence electrons. The third kappa shape index (κ3) is 4.05. The van der Waals surface area contributed by atoms with Gasteiger partial charge in [-0.1, -0.05) is 0 Å². The quantitative estimate of drug-likeness (QED) is 0.680. The Hall–Kier alpha value is -2.37. The Morgan fingerprint density at radius 2 is 2.24 bits per heavy atom. The summed E-state index contributed by atoms with van der Waals surface area (Å²) in [7, 11) is 5.85. The van der Waals surface area contributed by atoms with E-state index < -0.39 is 0 Å². The van der Waals surface area contributed by atoms with E-state index in [0.717, 1.165) is 24.0 Å². The van der Waals surface area contributed by atoms with Crippen LogP contribution in [0.2, 0.25) is 0 Å². The molecule has 0 aromatic carbocycles. The van der Waals surface area contributed by atoms with E-state index in [-0.39, 0.29) is 0 Å². The maximum absolute atomic E-state index is 4.38. The zero-order chi connectivity index (χ0) is 15.2. The lowest BCUT2D eigenvalue weighted by Gasteiger charge is -2.22. The van der Waals surface area contributed by atoms with Gasteiger partial charge in [0.25, 0.3) is 0 Å². The fourth-order valence-electron chi connectivity index (χ4n) is 2.14. The summed E-state index contributed by atoms with van der Waals surface area (Å²) in [4.78, 5) is 14.9. The van der Waals surface area contributed by atoms with E-state index in [1.165, 1.54) is 5.69 Å². The highest BCUT2D eigenvalue weighted by Gasteiger charge is 2.08. The molecule has 2 rings (SSSR count). The van der Waals surface area contributed by atoms with Crippen molar-refractivity contribution in [3.8, 4) is 0 Å². The van der Waals surface area contributed by atoms with Crippen LogP contribution in [0.5, 0.6) is 0 Å². The molecule has 0 aliphatic heterocycles. The maximum atomic E-state index is 4.38. The lowest BCUT2D eigenvalue weighted by Crippen LogP contribution is -2.38. The standard InChI is InChI=1S/C15H22N6/c1-12-17-8-7-13(19-12)10-18-15(16-2)21(4)11-14-6-5-9-20(14)3/h5-9H,10-11H2,1-4H3,(H,16,18). The number of hydrogen-bond acceptors (Lipinski definition) is 3. The second-order valence-electron chi connectivity index (χ2n) is 4.96. The number of nitrogens with one attached hydrogen (secondary N) is 1. The van der Waals surface area contributed by atoms with E-state index in [4.69, 9.17) is 0 Å². The number of hydrogen-bond donors (Lipinski definition) is 1. The first kappa shape index (κ1) is 15.0. The number of aryl methyl sites for hydroxylation is 2. The van der Waals surface area contributed by atoms with Crippen LogP contribution in [0.25, 0.3) is 0 Å². The van der Waals surface area contributed by atoms with Gasteiger partial charge < -0.3 is 14.8 Å². The van der Waals surface area contributed by atoms with Crippen molar-refractivity contribution in [1.29, 1.82) is 0 Å². The van der Waals surface area contributed by atoms with E-state index >= 15 is 0 Å². The number of aliphatic imine (C=N–C) groups is 1.